The van der Waals surface area contributed by atoms with Crippen molar-refractivity contribution < 1.29 is 16.8 Å². The number of hydrogen-bond donors (Lipinski definition) is 0. The van der Waals surface area contributed by atoms with Crippen molar-refractivity contribution in [2.24, 2.45) is 0 Å². The topological polar surface area (TPSA) is 55.8 Å². The Kier molecular flexibility index (Phi) is 6.13. The second kappa shape index (κ2) is 6.25. The molecule has 0 saturated carbocycles. The van der Waals surface area contributed by atoms with Crippen LogP contribution in [0.5, 0.6) is 0 Å². The summed E-state index contributed by atoms with van der Waals surface area (Å²) in [6, 6.07) is 0. The molecule has 0 aromatic heterocycles. The van der Waals surface area contributed by atoms with Gasteiger partial charge in [0.05, 0.1) is 14.2 Å². The SMILES string of the molecule is CN1C=CCS1.COS(=O)(=O)OC. The Morgan fingerprint density at radius 3 is 2.00 bits per heavy atom. The summed E-state index contributed by atoms with van der Waals surface area (Å²) in [7, 11) is 0.446. The maximum Gasteiger partial charge on any atom is 0.399 e. The van der Waals surface area contributed by atoms with E-state index in [-0.39, 0.29) is 0 Å². The third-order valence-corrected chi connectivity index (χ3v) is 2.78. The molecular formula is C6H13NO4S2. The summed E-state index contributed by atoms with van der Waals surface area (Å²) < 4.78 is 29.6. The number of rotatable bonds is 2. The summed E-state index contributed by atoms with van der Waals surface area (Å²) >= 11 is 1.82. The first-order valence-corrected chi connectivity index (χ1v) is 5.68. The van der Waals surface area contributed by atoms with Gasteiger partial charge in [-0.05, 0) is 11.9 Å². The van der Waals surface area contributed by atoms with Crippen LogP contribution in [-0.4, -0.2) is 39.7 Å². The summed E-state index contributed by atoms with van der Waals surface area (Å²) in [6.07, 6.45) is 4.22. The van der Waals surface area contributed by atoms with Crippen molar-refractivity contribution in [2.45, 2.75) is 0 Å². The van der Waals surface area contributed by atoms with Gasteiger partial charge in [0.2, 0.25) is 0 Å². The molecule has 0 atom stereocenters. The van der Waals surface area contributed by atoms with Crippen LogP contribution < -0.4 is 0 Å². The maximum atomic E-state index is 9.92. The molecule has 0 radical (unpaired) electrons. The lowest BCUT2D eigenvalue weighted by Crippen LogP contribution is -2.02. The van der Waals surface area contributed by atoms with Crippen LogP contribution >= 0.6 is 11.9 Å². The number of hydrogen-bond acceptors (Lipinski definition) is 6. The van der Waals surface area contributed by atoms with Gasteiger partial charge in [-0.1, -0.05) is 6.08 Å². The zero-order valence-electron chi connectivity index (χ0n) is 7.76. The van der Waals surface area contributed by atoms with E-state index < -0.39 is 10.4 Å². The highest BCUT2D eigenvalue weighted by Gasteiger charge is 2.01. The first kappa shape index (κ1) is 12.8. The Morgan fingerprint density at radius 1 is 1.38 bits per heavy atom. The smallest absolute Gasteiger partial charge is 0.326 e. The normalized spacial score (nSPS) is 15.5. The Balaban J connectivity index is 0.000000223. The summed E-state index contributed by atoms with van der Waals surface area (Å²) in [4.78, 5) is 0. The average Bonchev–Trinajstić information content (AvgIpc) is 2.57. The predicted octanol–water partition coefficient (Wildman–Crippen LogP) is 0.618. The molecule has 1 aliphatic heterocycles. The van der Waals surface area contributed by atoms with Crippen LogP contribution in [0.4, 0.5) is 0 Å². The van der Waals surface area contributed by atoms with Gasteiger partial charge in [0.1, 0.15) is 0 Å². The predicted molar refractivity (Wildman–Crippen MR) is 52.3 cm³/mol. The van der Waals surface area contributed by atoms with Gasteiger partial charge < -0.3 is 4.31 Å². The molecule has 78 valence electrons. The Morgan fingerprint density at radius 2 is 1.92 bits per heavy atom. The van der Waals surface area contributed by atoms with Gasteiger partial charge in [-0.15, -0.1) is 0 Å². The van der Waals surface area contributed by atoms with Crippen molar-refractivity contribution >= 4 is 22.3 Å². The minimum absolute atomic E-state index is 1.03. The number of nitrogens with zero attached hydrogens (tertiary/aromatic N) is 1. The first-order chi connectivity index (χ1) is 6.02. The lowest BCUT2D eigenvalue weighted by Gasteiger charge is -2.00. The standard InChI is InChI=1S/C4H7NS.C2H6O4S/c1-5-3-2-4-6-5;1-5-7(3,4)6-2/h2-3H,4H2,1H3;1-2H3. The minimum atomic E-state index is -3.66. The van der Waals surface area contributed by atoms with Crippen LogP contribution in [-0.2, 0) is 18.8 Å². The van der Waals surface area contributed by atoms with Crippen LogP contribution in [0, 0.1) is 0 Å². The van der Waals surface area contributed by atoms with Gasteiger partial charge in [-0.3, -0.25) is 8.37 Å². The molecule has 1 aliphatic rings. The van der Waals surface area contributed by atoms with Gasteiger partial charge in [0, 0.05) is 19.0 Å². The molecule has 0 fully saturated rings. The van der Waals surface area contributed by atoms with Gasteiger partial charge in [-0.25, -0.2) is 0 Å². The zero-order chi connectivity index (χ0) is 10.3. The lowest BCUT2D eigenvalue weighted by molar-refractivity contribution is 0.286. The monoisotopic (exact) mass is 227 g/mol. The molecule has 0 aromatic carbocycles. The zero-order valence-corrected chi connectivity index (χ0v) is 9.39. The fraction of sp³-hybridized carbons (Fsp3) is 0.667. The van der Waals surface area contributed by atoms with Crippen molar-refractivity contribution in [3.8, 4) is 0 Å². The van der Waals surface area contributed by atoms with Crippen LogP contribution in [0.2, 0.25) is 0 Å². The molecule has 0 aromatic rings. The molecule has 0 saturated heterocycles. The van der Waals surface area contributed by atoms with Crippen molar-refractivity contribution in [3.63, 3.8) is 0 Å². The maximum absolute atomic E-state index is 9.92. The Bertz CT molecular complexity index is 239. The van der Waals surface area contributed by atoms with Crippen LogP contribution in [0.25, 0.3) is 0 Å². The first-order valence-electron chi connectivity index (χ1n) is 3.40. The average molecular weight is 227 g/mol. The van der Waals surface area contributed by atoms with Gasteiger partial charge in [0.25, 0.3) is 0 Å². The minimum Gasteiger partial charge on any atom is -0.326 e. The fourth-order valence-corrected chi connectivity index (χ4v) is 1.18. The highest BCUT2D eigenvalue weighted by Crippen LogP contribution is 2.12. The van der Waals surface area contributed by atoms with E-state index in [1.165, 1.54) is 0 Å². The van der Waals surface area contributed by atoms with E-state index in [0.29, 0.717) is 0 Å². The molecule has 1 heterocycles. The molecule has 0 amide bonds. The van der Waals surface area contributed by atoms with Crippen LogP contribution in [0.1, 0.15) is 0 Å². The van der Waals surface area contributed by atoms with Crippen molar-refractivity contribution in [1.29, 1.82) is 0 Å². The van der Waals surface area contributed by atoms with Gasteiger partial charge >= 0.3 is 10.4 Å². The summed E-state index contributed by atoms with van der Waals surface area (Å²) in [5.74, 6) is 1.15. The molecule has 5 nitrogen and oxygen atoms in total. The highest BCUT2D eigenvalue weighted by atomic mass is 32.3. The van der Waals surface area contributed by atoms with E-state index in [1.54, 1.807) is 0 Å². The van der Waals surface area contributed by atoms with Gasteiger partial charge in [-0.2, -0.15) is 8.42 Å². The molecule has 7 heteroatoms. The Hall–Kier alpha value is -0.240. The molecule has 1 rings (SSSR count). The van der Waals surface area contributed by atoms with Crippen molar-refractivity contribution in [1.82, 2.24) is 4.31 Å². The molecule has 13 heavy (non-hydrogen) atoms. The van der Waals surface area contributed by atoms with Crippen molar-refractivity contribution in [2.75, 3.05) is 27.0 Å². The summed E-state index contributed by atoms with van der Waals surface area (Å²) in [5.41, 5.74) is 0. The van der Waals surface area contributed by atoms with Crippen LogP contribution in [0.3, 0.4) is 0 Å². The third kappa shape index (κ3) is 6.88. The van der Waals surface area contributed by atoms with E-state index >= 15 is 0 Å². The molecule has 0 spiro atoms. The molecular weight excluding hydrogens is 214 g/mol. The fourth-order valence-electron chi connectivity index (χ4n) is 0.463. The third-order valence-electron chi connectivity index (χ3n) is 1.10. The van der Waals surface area contributed by atoms with E-state index in [1.807, 2.05) is 19.0 Å². The largest absolute Gasteiger partial charge is 0.399 e. The second-order valence-electron chi connectivity index (χ2n) is 1.97. The summed E-state index contributed by atoms with van der Waals surface area (Å²) in [6.45, 7) is 0. The van der Waals surface area contributed by atoms with E-state index in [9.17, 15) is 8.42 Å². The highest BCUT2D eigenvalue weighted by molar-refractivity contribution is 7.97. The lowest BCUT2D eigenvalue weighted by atomic mass is 10.7. The van der Waals surface area contributed by atoms with E-state index in [0.717, 1.165) is 20.0 Å². The van der Waals surface area contributed by atoms with E-state index in [2.05, 4.69) is 24.9 Å². The molecule has 0 aliphatic carbocycles. The second-order valence-corrected chi connectivity index (χ2v) is 4.62. The molecule has 0 unspecified atom stereocenters. The summed E-state index contributed by atoms with van der Waals surface area (Å²) in [5, 5.41) is 0. The molecule has 0 N–H and O–H groups in total. The van der Waals surface area contributed by atoms with Crippen LogP contribution in [0.15, 0.2) is 12.3 Å². The molecule has 0 bridgehead atoms. The Labute approximate surface area is 83.2 Å². The van der Waals surface area contributed by atoms with E-state index in [4.69, 9.17) is 0 Å². The van der Waals surface area contributed by atoms with Crippen molar-refractivity contribution in [3.05, 3.63) is 12.3 Å². The quantitative estimate of drug-likeness (QED) is 0.645. The van der Waals surface area contributed by atoms with Gasteiger partial charge in [0.15, 0.2) is 0 Å².